The van der Waals surface area contributed by atoms with E-state index in [4.69, 9.17) is 9.47 Å². The van der Waals surface area contributed by atoms with Crippen molar-refractivity contribution in [1.29, 1.82) is 0 Å². The van der Waals surface area contributed by atoms with Crippen LogP contribution in [0.4, 0.5) is 0 Å². The normalized spacial score (nSPS) is 10.5. The molecular weight excluding hydrogens is 282 g/mol. The summed E-state index contributed by atoms with van der Waals surface area (Å²) in [5, 5.41) is 3.34. The molecule has 0 fully saturated rings. The van der Waals surface area contributed by atoms with Crippen molar-refractivity contribution in [2.75, 3.05) is 33.4 Å². The third kappa shape index (κ3) is 7.36. The minimum Gasteiger partial charge on any atom is -0.492 e. The molecule has 0 aliphatic heterocycles. The van der Waals surface area contributed by atoms with E-state index in [1.54, 1.807) is 7.11 Å². The molecular formula is C13H20BrNO2. The van der Waals surface area contributed by atoms with E-state index in [1.165, 1.54) is 0 Å². The van der Waals surface area contributed by atoms with E-state index in [0.29, 0.717) is 6.61 Å². The first kappa shape index (κ1) is 14.5. The molecule has 1 aromatic carbocycles. The van der Waals surface area contributed by atoms with Crippen LogP contribution in [0.5, 0.6) is 5.75 Å². The van der Waals surface area contributed by atoms with Gasteiger partial charge in [-0.25, -0.2) is 0 Å². The summed E-state index contributed by atoms with van der Waals surface area (Å²) in [5.41, 5.74) is 0. The van der Waals surface area contributed by atoms with E-state index < -0.39 is 0 Å². The highest BCUT2D eigenvalue weighted by Gasteiger charge is 1.94. The van der Waals surface area contributed by atoms with Crippen LogP contribution < -0.4 is 10.1 Å². The van der Waals surface area contributed by atoms with E-state index in [9.17, 15) is 0 Å². The highest BCUT2D eigenvalue weighted by Crippen LogP contribution is 2.17. The van der Waals surface area contributed by atoms with Gasteiger partial charge in [-0.3, -0.25) is 0 Å². The zero-order chi connectivity index (χ0) is 12.3. The number of rotatable bonds is 9. The van der Waals surface area contributed by atoms with Crippen LogP contribution >= 0.6 is 15.9 Å². The molecule has 0 aliphatic carbocycles. The molecule has 96 valence electrons. The number of benzene rings is 1. The molecule has 0 heterocycles. The quantitative estimate of drug-likeness (QED) is 0.712. The van der Waals surface area contributed by atoms with Gasteiger partial charge in [0.05, 0.1) is 0 Å². The van der Waals surface area contributed by atoms with Gasteiger partial charge in [0.2, 0.25) is 0 Å². The molecule has 4 heteroatoms. The van der Waals surface area contributed by atoms with Crippen molar-refractivity contribution in [3.8, 4) is 5.75 Å². The van der Waals surface area contributed by atoms with Crippen LogP contribution in [-0.2, 0) is 4.74 Å². The van der Waals surface area contributed by atoms with Crippen LogP contribution in [-0.4, -0.2) is 33.4 Å². The average Bonchev–Trinajstić information content (AvgIpc) is 2.33. The molecule has 3 nitrogen and oxygen atoms in total. The van der Waals surface area contributed by atoms with Crippen LogP contribution in [0.2, 0.25) is 0 Å². The van der Waals surface area contributed by atoms with Crippen LogP contribution in [0.25, 0.3) is 0 Å². The van der Waals surface area contributed by atoms with Crippen LogP contribution in [0.3, 0.4) is 0 Å². The Labute approximate surface area is 112 Å². The number of unbranched alkanes of at least 4 members (excludes halogenated alkanes) is 1. The number of hydrogen-bond donors (Lipinski definition) is 1. The molecule has 0 bridgehead atoms. The molecule has 1 N–H and O–H groups in total. The number of halogens is 1. The molecule has 0 aromatic heterocycles. The third-order valence-electron chi connectivity index (χ3n) is 2.30. The van der Waals surface area contributed by atoms with Gasteiger partial charge < -0.3 is 14.8 Å². The molecule has 1 rings (SSSR count). The summed E-state index contributed by atoms with van der Waals surface area (Å²) in [6.07, 6.45) is 2.25. The van der Waals surface area contributed by atoms with Crippen molar-refractivity contribution >= 4 is 15.9 Å². The summed E-state index contributed by atoms with van der Waals surface area (Å²) < 4.78 is 11.6. The minimum atomic E-state index is 0.695. The van der Waals surface area contributed by atoms with Gasteiger partial charge >= 0.3 is 0 Å². The van der Waals surface area contributed by atoms with Crippen molar-refractivity contribution in [3.63, 3.8) is 0 Å². The number of methoxy groups -OCH3 is 1. The number of ether oxygens (including phenoxy) is 2. The van der Waals surface area contributed by atoms with Gasteiger partial charge in [-0.15, -0.1) is 0 Å². The van der Waals surface area contributed by atoms with Gasteiger partial charge in [-0.2, -0.15) is 0 Å². The lowest BCUT2D eigenvalue weighted by atomic mass is 10.3. The Balaban J connectivity index is 1.97. The van der Waals surface area contributed by atoms with Crippen LogP contribution in [0, 0.1) is 0 Å². The van der Waals surface area contributed by atoms with Crippen molar-refractivity contribution < 1.29 is 9.47 Å². The number of hydrogen-bond acceptors (Lipinski definition) is 3. The Kier molecular flexibility index (Phi) is 8.05. The Hall–Kier alpha value is -0.580. The fourth-order valence-corrected chi connectivity index (χ4v) is 1.80. The summed E-state index contributed by atoms with van der Waals surface area (Å²) in [4.78, 5) is 0. The van der Waals surface area contributed by atoms with Gasteiger partial charge in [0.15, 0.2) is 0 Å². The standard InChI is InChI=1S/C13H20BrNO2/c1-16-9-3-2-7-15-8-10-17-13-6-4-5-12(14)11-13/h4-6,11,15H,2-3,7-10H2,1H3. The fraction of sp³-hybridized carbons (Fsp3) is 0.538. The molecule has 0 saturated heterocycles. The molecule has 1 aromatic rings. The lowest BCUT2D eigenvalue weighted by Crippen LogP contribution is -2.22. The Bertz CT molecular complexity index is 307. The van der Waals surface area contributed by atoms with Gasteiger partial charge in [0, 0.05) is 24.7 Å². The fourth-order valence-electron chi connectivity index (χ4n) is 1.42. The molecule has 0 saturated carbocycles. The second-order valence-corrected chi connectivity index (χ2v) is 4.67. The first-order valence-corrected chi connectivity index (χ1v) is 6.70. The molecule has 17 heavy (non-hydrogen) atoms. The predicted octanol–water partition coefficient (Wildman–Crippen LogP) is 2.84. The van der Waals surface area contributed by atoms with Crippen molar-refractivity contribution in [2.24, 2.45) is 0 Å². The largest absolute Gasteiger partial charge is 0.492 e. The smallest absolute Gasteiger partial charge is 0.120 e. The molecule has 0 unspecified atom stereocenters. The van der Waals surface area contributed by atoms with Crippen LogP contribution in [0.15, 0.2) is 28.7 Å². The van der Waals surface area contributed by atoms with Gasteiger partial charge in [0.1, 0.15) is 12.4 Å². The molecule has 0 spiro atoms. The highest BCUT2D eigenvalue weighted by molar-refractivity contribution is 9.10. The van der Waals surface area contributed by atoms with E-state index in [0.717, 1.165) is 42.8 Å². The lowest BCUT2D eigenvalue weighted by Gasteiger charge is -2.07. The second kappa shape index (κ2) is 9.45. The van der Waals surface area contributed by atoms with E-state index in [1.807, 2.05) is 24.3 Å². The van der Waals surface area contributed by atoms with Crippen molar-refractivity contribution in [2.45, 2.75) is 12.8 Å². The van der Waals surface area contributed by atoms with Crippen LogP contribution in [0.1, 0.15) is 12.8 Å². The summed E-state index contributed by atoms with van der Waals surface area (Å²) in [7, 11) is 1.74. The SMILES string of the molecule is COCCCCNCCOc1cccc(Br)c1. The topological polar surface area (TPSA) is 30.5 Å². The summed E-state index contributed by atoms with van der Waals surface area (Å²) in [6, 6.07) is 7.89. The predicted molar refractivity (Wildman–Crippen MR) is 73.6 cm³/mol. The summed E-state index contributed by atoms with van der Waals surface area (Å²) in [6.45, 7) is 3.43. The summed E-state index contributed by atoms with van der Waals surface area (Å²) >= 11 is 3.41. The van der Waals surface area contributed by atoms with E-state index >= 15 is 0 Å². The summed E-state index contributed by atoms with van der Waals surface area (Å²) in [5.74, 6) is 0.903. The highest BCUT2D eigenvalue weighted by atomic mass is 79.9. The van der Waals surface area contributed by atoms with Crippen molar-refractivity contribution in [1.82, 2.24) is 5.32 Å². The Morgan fingerprint density at radius 2 is 2.06 bits per heavy atom. The average molecular weight is 302 g/mol. The van der Waals surface area contributed by atoms with Gasteiger partial charge in [-0.05, 0) is 37.6 Å². The second-order valence-electron chi connectivity index (χ2n) is 3.76. The molecule has 0 radical (unpaired) electrons. The van der Waals surface area contributed by atoms with Gasteiger partial charge in [-0.1, -0.05) is 22.0 Å². The van der Waals surface area contributed by atoms with Crippen molar-refractivity contribution in [3.05, 3.63) is 28.7 Å². The maximum Gasteiger partial charge on any atom is 0.120 e. The first-order valence-electron chi connectivity index (χ1n) is 5.91. The Morgan fingerprint density at radius 3 is 2.82 bits per heavy atom. The zero-order valence-electron chi connectivity index (χ0n) is 10.2. The maximum atomic E-state index is 5.60. The Morgan fingerprint density at radius 1 is 1.18 bits per heavy atom. The lowest BCUT2D eigenvalue weighted by molar-refractivity contribution is 0.192. The molecule has 0 aliphatic rings. The van der Waals surface area contributed by atoms with Gasteiger partial charge in [0.25, 0.3) is 0 Å². The molecule has 0 amide bonds. The van der Waals surface area contributed by atoms with E-state index in [-0.39, 0.29) is 0 Å². The van der Waals surface area contributed by atoms with E-state index in [2.05, 4.69) is 21.2 Å². The monoisotopic (exact) mass is 301 g/mol. The third-order valence-corrected chi connectivity index (χ3v) is 2.79. The maximum absolute atomic E-state index is 5.60. The zero-order valence-corrected chi connectivity index (χ0v) is 11.8. The number of nitrogens with one attached hydrogen (secondary N) is 1. The first-order chi connectivity index (χ1) is 8.33. The minimum absolute atomic E-state index is 0.695. The molecule has 0 atom stereocenters.